The topological polar surface area (TPSA) is 96.6 Å². The summed E-state index contributed by atoms with van der Waals surface area (Å²) in [5.41, 5.74) is 6.78. The Labute approximate surface area is 147 Å². The van der Waals surface area contributed by atoms with Crippen molar-refractivity contribution < 1.29 is 18.2 Å². The Morgan fingerprint density at radius 3 is 1.48 bits per heavy atom. The fourth-order valence-electron chi connectivity index (χ4n) is 2.07. The molecule has 1 unspecified atom stereocenters. The summed E-state index contributed by atoms with van der Waals surface area (Å²) in [6.45, 7) is 0. The van der Waals surface area contributed by atoms with Gasteiger partial charge in [0.05, 0.1) is 0 Å². The molecule has 3 aromatic rings. The molecule has 0 aliphatic heterocycles. The van der Waals surface area contributed by atoms with Gasteiger partial charge in [-0.25, -0.2) is 0 Å². The Morgan fingerprint density at radius 1 is 0.720 bits per heavy atom. The molecule has 6 nitrogen and oxygen atoms in total. The van der Waals surface area contributed by atoms with E-state index in [2.05, 4.69) is 4.72 Å². The number of anilines is 2. The molecule has 0 spiro atoms. The van der Waals surface area contributed by atoms with Gasteiger partial charge in [0.25, 0.3) is 0 Å². The number of ether oxygens (including phenoxy) is 2. The van der Waals surface area contributed by atoms with Crippen LogP contribution in [0.15, 0.2) is 72.8 Å². The van der Waals surface area contributed by atoms with Crippen molar-refractivity contribution in [2.45, 2.75) is 0 Å². The van der Waals surface area contributed by atoms with Crippen molar-refractivity contribution in [1.29, 1.82) is 0 Å². The van der Waals surface area contributed by atoms with Crippen molar-refractivity contribution in [2.24, 2.45) is 0 Å². The van der Waals surface area contributed by atoms with E-state index >= 15 is 0 Å². The van der Waals surface area contributed by atoms with Crippen molar-refractivity contribution in [2.75, 3.05) is 10.5 Å². The standard InChI is InChI=1S/C18H16N2O4S/c19-13-1-5-15(6-2-13)23-17-9-11-18(12-10-17)24-16-7-3-14(4-8-16)20-25(21)22/h1-12,20H,19H2,(H,21,22)/p-1. The highest BCUT2D eigenvalue weighted by Gasteiger charge is 2.01. The molecule has 3 rings (SSSR count). The minimum absolute atomic E-state index is 0.466. The molecular weight excluding hydrogens is 340 g/mol. The zero-order valence-corrected chi connectivity index (χ0v) is 13.9. The maximum absolute atomic E-state index is 10.6. The summed E-state index contributed by atoms with van der Waals surface area (Å²) in [7, 11) is 0. The largest absolute Gasteiger partial charge is 0.755 e. The van der Waals surface area contributed by atoms with E-state index < -0.39 is 11.3 Å². The second-order valence-electron chi connectivity index (χ2n) is 5.11. The van der Waals surface area contributed by atoms with Gasteiger partial charge in [0.15, 0.2) is 0 Å². The maximum Gasteiger partial charge on any atom is 0.127 e. The first-order chi connectivity index (χ1) is 12.1. The molecule has 3 N–H and O–H groups in total. The molecule has 0 saturated carbocycles. The highest BCUT2D eigenvalue weighted by atomic mass is 32.2. The lowest BCUT2D eigenvalue weighted by molar-refractivity contribution is 0.469. The van der Waals surface area contributed by atoms with Crippen LogP contribution in [0.1, 0.15) is 0 Å². The third kappa shape index (κ3) is 4.97. The summed E-state index contributed by atoms with van der Waals surface area (Å²) in [5.74, 6) is 2.60. The van der Waals surface area contributed by atoms with E-state index in [0.29, 0.717) is 34.4 Å². The number of nitrogens with two attached hydrogens (primary N) is 1. The first-order valence-corrected chi connectivity index (χ1v) is 8.43. The van der Waals surface area contributed by atoms with Crippen LogP contribution in [-0.4, -0.2) is 8.76 Å². The van der Waals surface area contributed by atoms with Crippen molar-refractivity contribution in [3.63, 3.8) is 0 Å². The average molecular weight is 355 g/mol. The van der Waals surface area contributed by atoms with Crippen molar-refractivity contribution >= 4 is 22.6 Å². The average Bonchev–Trinajstić information content (AvgIpc) is 2.60. The van der Waals surface area contributed by atoms with Crippen molar-refractivity contribution in [1.82, 2.24) is 0 Å². The van der Waals surface area contributed by atoms with E-state index in [9.17, 15) is 8.76 Å². The van der Waals surface area contributed by atoms with Crippen LogP contribution >= 0.6 is 0 Å². The van der Waals surface area contributed by atoms with E-state index in [0.717, 1.165) is 0 Å². The lowest BCUT2D eigenvalue weighted by Gasteiger charge is -2.10. The molecule has 0 aromatic heterocycles. The number of rotatable bonds is 6. The molecular formula is C18H15N2O4S-. The fraction of sp³-hybridized carbons (Fsp3) is 0. The van der Waals surface area contributed by atoms with E-state index in [-0.39, 0.29) is 0 Å². The Morgan fingerprint density at radius 2 is 1.08 bits per heavy atom. The smallest absolute Gasteiger partial charge is 0.127 e. The van der Waals surface area contributed by atoms with Gasteiger partial charge in [0, 0.05) is 22.6 Å². The van der Waals surface area contributed by atoms with E-state index in [1.807, 2.05) is 0 Å². The summed E-state index contributed by atoms with van der Waals surface area (Å²) in [4.78, 5) is 0. The van der Waals surface area contributed by atoms with Gasteiger partial charge in [-0.2, -0.15) is 0 Å². The molecule has 0 aliphatic rings. The van der Waals surface area contributed by atoms with Crippen molar-refractivity contribution in [3.8, 4) is 23.0 Å². The molecule has 0 bridgehead atoms. The lowest BCUT2D eigenvalue weighted by Crippen LogP contribution is -2.01. The molecule has 3 aromatic carbocycles. The zero-order chi connectivity index (χ0) is 17.6. The van der Waals surface area contributed by atoms with Crippen LogP contribution in [0.25, 0.3) is 0 Å². The van der Waals surface area contributed by atoms with Gasteiger partial charge in [-0.3, -0.25) is 4.21 Å². The van der Waals surface area contributed by atoms with Crippen LogP contribution in [0.3, 0.4) is 0 Å². The van der Waals surface area contributed by atoms with Crippen LogP contribution in [0.5, 0.6) is 23.0 Å². The number of hydrogen-bond acceptors (Lipinski definition) is 5. The fourth-order valence-corrected chi connectivity index (χ4v) is 2.40. The Kier molecular flexibility index (Phi) is 5.17. The minimum atomic E-state index is -2.34. The maximum atomic E-state index is 10.6. The normalized spacial score (nSPS) is 11.6. The van der Waals surface area contributed by atoms with Gasteiger partial charge in [0.1, 0.15) is 23.0 Å². The van der Waals surface area contributed by atoms with Crippen LogP contribution < -0.4 is 19.9 Å². The lowest BCUT2D eigenvalue weighted by atomic mass is 10.3. The molecule has 128 valence electrons. The van der Waals surface area contributed by atoms with Gasteiger partial charge >= 0.3 is 0 Å². The summed E-state index contributed by atoms with van der Waals surface area (Å²) >= 11 is -2.34. The number of nitrogens with one attached hydrogen (secondary N) is 1. The predicted octanol–water partition coefficient (Wildman–Crippen LogP) is 4.06. The molecule has 0 saturated heterocycles. The van der Waals surface area contributed by atoms with Crippen LogP contribution in [0.4, 0.5) is 11.4 Å². The van der Waals surface area contributed by atoms with Gasteiger partial charge in [0.2, 0.25) is 0 Å². The quantitative estimate of drug-likeness (QED) is 0.513. The Bertz CT molecular complexity index is 850. The number of nitrogen functional groups attached to an aromatic ring is 1. The molecule has 7 heteroatoms. The molecule has 0 heterocycles. The monoisotopic (exact) mass is 355 g/mol. The van der Waals surface area contributed by atoms with Crippen LogP contribution in [0.2, 0.25) is 0 Å². The number of hydrogen-bond donors (Lipinski definition) is 2. The second-order valence-corrected chi connectivity index (χ2v) is 5.78. The van der Waals surface area contributed by atoms with Gasteiger partial charge in [-0.15, -0.1) is 0 Å². The van der Waals surface area contributed by atoms with Crippen LogP contribution in [0, 0.1) is 0 Å². The second kappa shape index (κ2) is 7.69. The SMILES string of the molecule is Nc1ccc(Oc2ccc(Oc3ccc(NS(=O)[O-])cc3)cc2)cc1. The van der Waals surface area contributed by atoms with Crippen LogP contribution in [-0.2, 0) is 11.3 Å². The van der Waals surface area contributed by atoms with E-state index in [1.54, 1.807) is 72.8 Å². The summed E-state index contributed by atoms with van der Waals surface area (Å²) in [5, 5.41) is 0. The first kappa shape index (κ1) is 16.8. The Hall–Kier alpha value is -3.03. The Balaban J connectivity index is 1.62. The summed E-state index contributed by atoms with van der Waals surface area (Å²) in [6, 6.07) is 20.9. The molecule has 0 aliphatic carbocycles. The zero-order valence-electron chi connectivity index (χ0n) is 13.0. The van der Waals surface area contributed by atoms with Gasteiger partial charge < -0.3 is 24.5 Å². The van der Waals surface area contributed by atoms with E-state index in [4.69, 9.17) is 15.2 Å². The third-order valence-electron chi connectivity index (χ3n) is 3.23. The third-order valence-corrected chi connectivity index (χ3v) is 3.63. The molecule has 0 amide bonds. The first-order valence-electron chi connectivity index (χ1n) is 7.36. The van der Waals surface area contributed by atoms with Crippen molar-refractivity contribution in [3.05, 3.63) is 72.8 Å². The number of benzene rings is 3. The summed E-state index contributed by atoms with van der Waals surface area (Å²) in [6.07, 6.45) is 0. The predicted molar refractivity (Wildman–Crippen MR) is 96.4 cm³/mol. The minimum Gasteiger partial charge on any atom is -0.755 e. The molecule has 0 radical (unpaired) electrons. The highest BCUT2D eigenvalue weighted by molar-refractivity contribution is 7.80. The molecule has 25 heavy (non-hydrogen) atoms. The van der Waals surface area contributed by atoms with E-state index in [1.165, 1.54) is 0 Å². The molecule has 1 atom stereocenters. The van der Waals surface area contributed by atoms with Gasteiger partial charge in [-0.1, -0.05) is 0 Å². The summed E-state index contributed by atoms with van der Waals surface area (Å²) < 4.78 is 34.8. The molecule has 0 fully saturated rings. The van der Waals surface area contributed by atoms with Gasteiger partial charge in [-0.05, 0) is 72.8 Å². The highest BCUT2D eigenvalue weighted by Crippen LogP contribution is 2.27.